The average Bonchev–Trinajstić information content (AvgIpc) is 2.77. The van der Waals surface area contributed by atoms with E-state index in [-0.39, 0.29) is 6.04 Å². The van der Waals surface area contributed by atoms with Crippen molar-refractivity contribution < 1.29 is 8.42 Å². The van der Waals surface area contributed by atoms with Crippen LogP contribution in [0.2, 0.25) is 0 Å². The van der Waals surface area contributed by atoms with Gasteiger partial charge in [-0.2, -0.15) is 0 Å². The summed E-state index contributed by atoms with van der Waals surface area (Å²) in [7, 11) is -3.55. The van der Waals surface area contributed by atoms with E-state index in [1.54, 1.807) is 10.4 Å². The van der Waals surface area contributed by atoms with E-state index in [2.05, 4.69) is 15.9 Å². The topological polar surface area (TPSA) is 37.4 Å². The van der Waals surface area contributed by atoms with Crippen LogP contribution in [0, 0.1) is 6.92 Å². The van der Waals surface area contributed by atoms with Crippen molar-refractivity contribution in [1.82, 2.24) is 0 Å². The van der Waals surface area contributed by atoms with E-state index in [1.165, 1.54) is 0 Å². The quantitative estimate of drug-likeness (QED) is 0.809. The van der Waals surface area contributed by atoms with Crippen molar-refractivity contribution in [2.75, 3.05) is 4.31 Å². The molecule has 2 aromatic carbocycles. The predicted octanol–water partition coefficient (Wildman–Crippen LogP) is 3.90. The lowest BCUT2D eigenvalue weighted by Gasteiger charge is -2.25. The molecule has 0 bridgehead atoms. The lowest BCUT2D eigenvalue weighted by Crippen LogP contribution is -2.36. The molecule has 0 radical (unpaired) electrons. The van der Waals surface area contributed by atoms with E-state index >= 15 is 0 Å². The number of hydrogen-bond acceptors (Lipinski definition) is 2. The van der Waals surface area contributed by atoms with Crippen LogP contribution in [0.5, 0.6) is 0 Å². The van der Waals surface area contributed by atoms with Gasteiger partial charge in [-0.05, 0) is 49.6 Å². The zero-order valence-electron chi connectivity index (χ0n) is 11.9. The summed E-state index contributed by atoms with van der Waals surface area (Å²) in [5.41, 5.74) is 2.64. The number of benzene rings is 2. The number of hydrogen-bond donors (Lipinski definition) is 0. The molecule has 1 aliphatic heterocycles. The van der Waals surface area contributed by atoms with E-state index in [4.69, 9.17) is 0 Å². The van der Waals surface area contributed by atoms with E-state index in [0.717, 1.165) is 27.7 Å². The van der Waals surface area contributed by atoms with Crippen LogP contribution >= 0.6 is 15.9 Å². The maximum Gasteiger partial charge on any atom is 0.264 e. The molecule has 0 fully saturated rings. The van der Waals surface area contributed by atoms with Crippen LogP contribution in [-0.2, 0) is 16.4 Å². The molecule has 21 heavy (non-hydrogen) atoms. The number of fused-ring (bicyclic) bond motifs is 1. The molecule has 110 valence electrons. The molecule has 3 rings (SSSR count). The Labute approximate surface area is 133 Å². The van der Waals surface area contributed by atoms with Gasteiger partial charge in [-0.25, -0.2) is 8.42 Å². The summed E-state index contributed by atoms with van der Waals surface area (Å²) < 4.78 is 28.5. The highest BCUT2D eigenvalue weighted by atomic mass is 79.9. The van der Waals surface area contributed by atoms with Crippen molar-refractivity contribution in [3.8, 4) is 0 Å². The third-order valence-electron chi connectivity index (χ3n) is 3.83. The Morgan fingerprint density at radius 2 is 1.90 bits per heavy atom. The Balaban J connectivity index is 2.17. The summed E-state index contributed by atoms with van der Waals surface area (Å²) in [5.74, 6) is 0. The number of anilines is 1. The Kier molecular flexibility index (Phi) is 3.58. The summed E-state index contributed by atoms with van der Waals surface area (Å²) in [6.07, 6.45) is 0.752. The second kappa shape index (κ2) is 5.14. The number of rotatable bonds is 2. The molecule has 2 aromatic rings. The molecule has 1 aliphatic rings. The Morgan fingerprint density at radius 3 is 2.67 bits per heavy atom. The Morgan fingerprint density at radius 1 is 1.19 bits per heavy atom. The molecule has 1 unspecified atom stereocenters. The normalized spacial score (nSPS) is 17.9. The van der Waals surface area contributed by atoms with Gasteiger partial charge in [0, 0.05) is 10.5 Å². The van der Waals surface area contributed by atoms with Gasteiger partial charge in [0.25, 0.3) is 10.0 Å². The molecular formula is C16H16BrNO2S. The highest BCUT2D eigenvalue weighted by Crippen LogP contribution is 2.37. The molecule has 0 saturated carbocycles. The van der Waals surface area contributed by atoms with Gasteiger partial charge in [0.1, 0.15) is 0 Å². The minimum atomic E-state index is -3.55. The Bertz CT molecular complexity index is 802. The molecule has 0 aliphatic carbocycles. The monoisotopic (exact) mass is 365 g/mol. The smallest absolute Gasteiger partial charge is 0.263 e. The van der Waals surface area contributed by atoms with Crippen molar-refractivity contribution in [2.24, 2.45) is 0 Å². The molecule has 0 spiro atoms. The van der Waals surface area contributed by atoms with E-state index in [0.29, 0.717) is 4.90 Å². The van der Waals surface area contributed by atoms with Gasteiger partial charge < -0.3 is 0 Å². The predicted molar refractivity (Wildman–Crippen MR) is 88.2 cm³/mol. The first-order chi connectivity index (χ1) is 9.91. The molecule has 1 atom stereocenters. The number of aryl methyl sites for hydroxylation is 1. The highest BCUT2D eigenvalue weighted by molar-refractivity contribution is 9.10. The average molecular weight is 366 g/mol. The van der Waals surface area contributed by atoms with Crippen molar-refractivity contribution in [2.45, 2.75) is 31.2 Å². The maximum absolute atomic E-state index is 13.1. The highest BCUT2D eigenvalue weighted by Gasteiger charge is 2.36. The zero-order chi connectivity index (χ0) is 15.2. The van der Waals surface area contributed by atoms with Crippen molar-refractivity contribution in [3.63, 3.8) is 0 Å². The van der Waals surface area contributed by atoms with Crippen LogP contribution in [-0.4, -0.2) is 14.5 Å². The fourth-order valence-electron chi connectivity index (χ4n) is 2.86. The first kappa shape index (κ1) is 14.6. The molecule has 5 heteroatoms. The molecule has 0 amide bonds. The van der Waals surface area contributed by atoms with Gasteiger partial charge in [0.2, 0.25) is 0 Å². The number of sulfonamides is 1. The fraction of sp³-hybridized carbons (Fsp3) is 0.250. The summed E-state index contributed by atoms with van der Waals surface area (Å²) in [6, 6.07) is 13.0. The lowest BCUT2D eigenvalue weighted by atomic mass is 10.1. The van der Waals surface area contributed by atoms with E-state index < -0.39 is 10.0 Å². The zero-order valence-corrected chi connectivity index (χ0v) is 14.3. The molecule has 3 nitrogen and oxygen atoms in total. The fourth-order valence-corrected chi connectivity index (χ4v) is 5.32. The second-order valence-electron chi connectivity index (χ2n) is 5.39. The first-order valence-electron chi connectivity index (χ1n) is 6.80. The van der Waals surface area contributed by atoms with Gasteiger partial charge >= 0.3 is 0 Å². The van der Waals surface area contributed by atoms with Crippen molar-refractivity contribution >= 4 is 31.6 Å². The van der Waals surface area contributed by atoms with Crippen molar-refractivity contribution in [1.29, 1.82) is 0 Å². The van der Waals surface area contributed by atoms with Gasteiger partial charge in [-0.1, -0.05) is 40.2 Å². The van der Waals surface area contributed by atoms with E-state index in [1.807, 2.05) is 50.2 Å². The SMILES string of the molecule is Cc1ccc(Br)cc1S(=O)(=O)N1c2ccccc2CC1C. The second-order valence-corrected chi connectivity index (χ2v) is 8.09. The van der Waals surface area contributed by atoms with Crippen LogP contribution < -0.4 is 4.31 Å². The van der Waals surface area contributed by atoms with Crippen LogP contribution in [0.4, 0.5) is 5.69 Å². The summed E-state index contributed by atoms with van der Waals surface area (Å²) in [5, 5.41) is 0. The van der Waals surface area contributed by atoms with Crippen LogP contribution in [0.1, 0.15) is 18.1 Å². The third kappa shape index (κ3) is 2.38. The van der Waals surface area contributed by atoms with Crippen LogP contribution in [0.15, 0.2) is 51.8 Å². The Hall–Kier alpha value is -1.33. The molecule has 0 aromatic heterocycles. The number of para-hydroxylation sites is 1. The van der Waals surface area contributed by atoms with Gasteiger partial charge in [-0.15, -0.1) is 0 Å². The van der Waals surface area contributed by atoms with Gasteiger partial charge in [0.15, 0.2) is 0 Å². The summed E-state index contributed by atoms with van der Waals surface area (Å²) in [6.45, 7) is 3.77. The number of halogens is 1. The van der Waals surface area contributed by atoms with Crippen LogP contribution in [0.25, 0.3) is 0 Å². The molecular weight excluding hydrogens is 350 g/mol. The van der Waals surface area contributed by atoms with Gasteiger partial charge in [-0.3, -0.25) is 4.31 Å². The van der Waals surface area contributed by atoms with E-state index in [9.17, 15) is 8.42 Å². The minimum absolute atomic E-state index is 0.0641. The largest absolute Gasteiger partial charge is 0.264 e. The van der Waals surface area contributed by atoms with Crippen molar-refractivity contribution in [3.05, 3.63) is 58.1 Å². The molecule has 1 heterocycles. The van der Waals surface area contributed by atoms with Gasteiger partial charge in [0.05, 0.1) is 10.6 Å². The first-order valence-corrected chi connectivity index (χ1v) is 9.03. The number of nitrogens with zero attached hydrogens (tertiary/aromatic N) is 1. The summed E-state index contributed by atoms with van der Waals surface area (Å²) in [4.78, 5) is 0.362. The maximum atomic E-state index is 13.1. The third-order valence-corrected chi connectivity index (χ3v) is 6.40. The summed E-state index contributed by atoms with van der Waals surface area (Å²) >= 11 is 3.36. The van der Waals surface area contributed by atoms with Crippen LogP contribution in [0.3, 0.4) is 0 Å². The lowest BCUT2D eigenvalue weighted by molar-refractivity contribution is 0.583. The molecule has 0 N–H and O–H groups in total. The minimum Gasteiger partial charge on any atom is -0.263 e. The molecule has 0 saturated heterocycles. The standard InChI is InChI=1S/C16H16BrNO2S/c1-11-7-8-14(17)10-16(11)21(19,20)18-12(2)9-13-5-3-4-6-15(13)18/h3-8,10,12H,9H2,1-2H3.